The number of hydrogen-bond acceptors (Lipinski definition) is 7. The fraction of sp³-hybridized carbons (Fsp3) is 0.400. The summed E-state index contributed by atoms with van der Waals surface area (Å²) in [7, 11) is 0. The van der Waals surface area contributed by atoms with Gasteiger partial charge in [-0.3, -0.25) is 9.88 Å². The van der Waals surface area contributed by atoms with E-state index >= 15 is 0 Å². The van der Waals surface area contributed by atoms with Gasteiger partial charge in [0.25, 0.3) is 0 Å². The van der Waals surface area contributed by atoms with E-state index in [-0.39, 0.29) is 18.3 Å². The molecule has 166 valence electrons. The fourth-order valence-corrected chi connectivity index (χ4v) is 4.67. The van der Waals surface area contributed by atoms with Crippen molar-refractivity contribution in [2.45, 2.75) is 24.9 Å². The van der Waals surface area contributed by atoms with Crippen LogP contribution in [-0.2, 0) is 16.0 Å². The Bertz CT molecular complexity index is 1090. The van der Waals surface area contributed by atoms with Gasteiger partial charge in [-0.1, -0.05) is 18.2 Å². The lowest BCUT2D eigenvalue weighted by Gasteiger charge is -2.22. The first kappa shape index (κ1) is 19.8. The number of rotatable bonds is 4. The van der Waals surface area contributed by atoms with Crippen LogP contribution in [0.15, 0.2) is 54.9 Å². The topological polar surface area (TPSA) is 62.3 Å². The van der Waals surface area contributed by atoms with Gasteiger partial charge in [0.1, 0.15) is 25.1 Å². The van der Waals surface area contributed by atoms with Crippen LogP contribution in [0.1, 0.15) is 5.56 Å². The third-order valence-corrected chi connectivity index (χ3v) is 6.23. The van der Waals surface area contributed by atoms with Gasteiger partial charge in [0.2, 0.25) is 0 Å². The summed E-state index contributed by atoms with van der Waals surface area (Å²) < 4.78 is 30.1. The molecule has 0 bridgehead atoms. The van der Waals surface area contributed by atoms with Crippen LogP contribution in [-0.4, -0.2) is 67.7 Å². The van der Waals surface area contributed by atoms with Crippen LogP contribution >= 0.6 is 0 Å². The van der Waals surface area contributed by atoms with Crippen LogP contribution in [0.2, 0.25) is 0 Å². The first-order chi connectivity index (χ1) is 15.8. The van der Waals surface area contributed by atoms with Crippen molar-refractivity contribution in [3.8, 4) is 17.2 Å². The number of fused-ring (bicyclic) bond motifs is 3. The molecule has 2 atom stereocenters. The van der Waals surface area contributed by atoms with E-state index in [1.807, 2.05) is 36.5 Å². The summed E-state index contributed by atoms with van der Waals surface area (Å²) in [6.45, 7) is 4.75. The highest BCUT2D eigenvalue weighted by Crippen LogP contribution is 2.32. The molecule has 6 rings (SSSR count). The van der Waals surface area contributed by atoms with Crippen LogP contribution in [0, 0.1) is 0 Å². The quantitative estimate of drug-likeness (QED) is 0.625. The van der Waals surface area contributed by atoms with E-state index in [4.69, 9.17) is 23.7 Å². The van der Waals surface area contributed by atoms with Gasteiger partial charge in [-0.05, 0) is 29.8 Å². The smallest absolute Gasteiger partial charge is 0.161 e. The Labute approximate surface area is 186 Å². The van der Waals surface area contributed by atoms with Crippen molar-refractivity contribution in [2.75, 3.05) is 39.5 Å². The van der Waals surface area contributed by atoms with Gasteiger partial charge in [0.05, 0.1) is 25.4 Å². The molecule has 2 fully saturated rings. The molecule has 1 aromatic heterocycles. The van der Waals surface area contributed by atoms with E-state index in [1.54, 1.807) is 6.20 Å². The Morgan fingerprint density at radius 1 is 0.938 bits per heavy atom. The minimum Gasteiger partial charge on any atom is -0.486 e. The molecule has 0 radical (unpaired) electrons. The molecule has 3 aromatic rings. The van der Waals surface area contributed by atoms with E-state index < -0.39 is 0 Å². The van der Waals surface area contributed by atoms with Crippen molar-refractivity contribution in [2.24, 2.45) is 0 Å². The molecule has 0 aliphatic carbocycles. The van der Waals surface area contributed by atoms with Crippen molar-refractivity contribution >= 4 is 10.8 Å². The summed E-state index contributed by atoms with van der Waals surface area (Å²) in [5.41, 5.74) is 1.21. The number of nitrogens with zero attached hydrogens (tertiary/aromatic N) is 2. The van der Waals surface area contributed by atoms with Crippen LogP contribution in [0.3, 0.4) is 0 Å². The highest BCUT2D eigenvalue weighted by atomic mass is 16.6. The van der Waals surface area contributed by atoms with Crippen LogP contribution in [0.25, 0.3) is 10.8 Å². The lowest BCUT2D eigenvalue weighted by molar-refractivity contribution is -0.00461. The minimum absolute atomic E-state index is 0.0533. The highest BCUT2D eigenvalue weighted by Gasteiger charge is 2.38. The normalized spacial score (nSPS) is 23.6. The van der Waals surface area contributed by atoms with Gasteiger partial charge in [-0.15, -0.1) is 0 Å². The summed E-state index contributed by atoms with van der Waals surface area (Å²) >= 11 is 0. The summed E-state index contributed by atoms with van der Waals surface area (Å²) in [6.07, 6.45) is 3.61. The summed E-state index contributed by atoms with van der Waals surface area (Å²) in [5.74, 6) is 2.50. The molecule has 0 unspecified atom stereocenters. The Balaban J connectivity index is 1.07. The molecule has 4 heterocycles. The first-order valence-corrected chi connectivity index (χ1v) is 11.2. The van der Waals surface area contributed by atoms with Crippen LogP contribution < -0.4 is 14.2 Å². The Kier molecular flexibility index (Phi) is 5.30. The van der Waals surface area contributed by atoms with Gasteiger partial charge in [0, 0.05) is 42.8 Å². The second-order valence-electron chi connectivity index (χ2n) is 8.51. The molecule has 3 aliphatic rings. The lowest BCUT2D eigenvalue weighted by atomic mass is 10.1. The van der Waals surface area contributed by atoms with E-state index in [2.05, 4.69) is 22.0 Å². The van der Waals surface area contributed by atoms with Gasteiger partial charge in [-0.2, -0.15) is 0 Å². The van der Waals surface area contributed by atoms with Crippen molar-refractivity contribution in [3.05, 3.63) is 60.4 Å². The number of aromatic nitrogens is 1. The second-order valence-corrected chi connectivity index (χ2v) is 8.51. The Morgan fingerprint density at radius 3 is 2.59 bits per heavy atom. The molecule has 7 heteroatoms. The molecule has 7 nitrogen and oxygen atoms in total. The fourth-order valence-electron chi connectivity index (χ4n) is 4.67. The molecule has 3 aliphatic heterocycles. The van der Waals surface area contributed by atoms with Crippen LogP contribution in [0.4, 0.5) is 0 Å². The van der Waals surface area contributed by atoms with Crippen molar-refractivity contribution < 1.29 is 23.7 Å². The molecule has 0 saturated carbocycles. The number of ether oxygens (including phenoxy) is 5. The molecule has 0 spiro atoms. The maximum Gasteiger partial charge on any atom is 0.161 e. The zero-order chi connectivity index (χ0) is 21.3. The van der Waals surface area contributed by atoms with E-state index in [0.717, 1.165) is 47.7 Å². The van der Waals surface area contributed by atoms with Crippen molar-refractivity contribution in [1.82, 2.24) is 9.88 Å². The van der Waals surface area contributed by atoms with E-state index in [0.29, 0.717) is 26.4 Å². The number of hydrogen-bond donors (Lipinski definition) is 0. The molecule has 0 amide bonds. The van der Waals surface area contributed by atoms with Crippen LogP contribution in [0.5, 0.6) is 17.2 Å². The van der Waals surface area contributed by atoms with Gasteiger partial charge in [0.15, 0.2) is 11.5 Å². The summed E-state index contributed by atoms with van der Waals surface area (Å²) in [5, 5.41) is 2.12. The van der Waals surface area contributed by atoms with Gasteiger partial charge in [-0.25, -0.2) is 0 Å². The lowest BCUT2D eigenvalue weighted by Crippen LogP contribution is -2.29. The Hall–Kier alpha value is -2.87. The third kappa shape index (κ3) is 3.99. The molecular weight excluding hydrogens is 408 g/mol. The van der Waals surface area contributed by atoms with Crippen molar-refractivity contribution in [3.63, 3.8) is 0 Å². The van der Waals surface area contributed by atoms with Gasteiger partial charge >= 0.3 is 0 Å². The zero-order valence-electron chi connectivity index (χ0n) is 17.8. The molecule has 2 saturated heterocycles. The van der Waals surface area contributed by atoms with Crippen molar-refractivity contribution in [1.29, 1.82) is 0 Å². The average molecular weight is 434 g/mol. The largest absolute Gasteiger partial charge is 0.486 e. The molecular formula is C25H26N2O5. The standard InChI is InChI=1S/C25H26N2O5/c1-2-18-11-26-7-6-20(18)21(3-1)32-19-15-30-24-13-27(14-25(24)31-16-19)12-17-4-5-22-23(10-17)29-9-8-28-22/h1-7,10-11,19,24-25H,8-9,12-16H2/t24-,25-/m0/s1. The Morgan fingerprint density at radius 2 is 1.75 bits per heavy atom. The summed E-state index contributed by atoms with van der Waals surface area (Å²) in [4.78, 5) is 6.56. The molecule has 2 aromatic carbocycles. The molecule has 0 N–H and O–H groups in total. The third-order valence-electron chi connectivity index (χ3n) is 6.23. The number of likely N-dealkylation sites (tertiary alicyclic amines) is 1. The predicted molar refractivity (Wildman–Crippen MR) is 118 cm³/mol. The average Bonchev–Trinajstić information content (AvgIpc) is 3.12. The SMILES string of the molecule is c1cc(OC2CO[C@H]3CN(Cc4ccc5c(c4)OCCO5)C[C@@H]3OC2)c2ccncc2c1. The predicted octanol–water partition coefficient (Wildman–Crippen LogP) is 3.05. The van der Waals surface area contributed by atoms with E-state index in [1.165, 1.54) is 5.56 Å². The summed E-state index contributed by atoms with van der Waals surface area (Å²) in [6, 6.07) is 14.2. The van der Waals surface area contributed by atoms with Gasteiger partial charge < -0.3 is 23.7 Å². The number of pyridine rings is 1. The highest BCUT2D eigenvalue weighted by molar-refractivity contribution is 5.87. The number of benzene rings is 2. The minimum atomic E-state index is -0.134. The maximum absolute atomic E-state index is 6.27. The zero-order valence-corrected chi connectivity index (χ0v) is 17.8. The monoisotopic (exact) mass is 434 g/mol. The van der Waals surface area contributed by atoms with E-state index in [9.17, 15) is 0 Å². The second kappa shape index (κ2) is 8.58. The first-order valence-electron chi connectivity index (χ1n) is 11.2. The maximum atomic E-state index is 6.27. The molecule has 32 heavy (non-hydrogen) atoms.